The summed E-state index contributed by atoms with van der Waals surface area (Å²) in [6.07, 6.45) is 16.0. The van der Waals surface area contributed by atoms with Crippen LogP contribution in [0.25, 0.3) is 0 Å². The van der Waals surface area contributed by atoms with Gasteiger partial charge < -0.3 is 0 Å². The summed E-state index contributed by atoms with van der Waals surface area (Å²) in [7, 11) is -3.78. The summed E-state index contributed by atoms with van der Waals surface area (Å²) < 4.78 is 32.8. The molecule has 0 aromatic carbocycles. The average molecular weight is 351 g/mol. The highest BCUT2D eigenvalue weighted by Crippen LogP contribution is 2.09. The third-order valence-corrected chi connectivity index (χ3v) is 4.86. The van der Waals surface area contributed by atoms with Crippen LogP contribution in [0.5, 0.6) is 0 Å². The first-order valence-electron chi connectivity index (χ1n) is 9.66. The summed E-state index contributed by atoms with van der Waals surface area (Å²) in [5.41, 5.74) is 0. The van der Waals surface area contributed by atoms with Crippen molar-refractivity contribution in [1.82, 2.24) is 0 Å². The molecule has 0 bridgehead atoms. The Labute approximate surface area is 144 Å². The fourth-order valence-corrected chi connectivity index (χ4v) is 3.19. The highest BCUT2D eigenvalue weighted by molar-refractivity contribution is 7.81. The van der Waals surface area contributed by atoms with Crippen molar-refractivity contribution >= 4 is 10.4 Å². The fourth-order valence-electron chi connectivity index (χ4n) is 2.47. The molecule has 0 heterocycles. The van der Waals surface area contributed by atoms with E-state index in [2.05, 4.69) is 13.8 Å². The Balaban J connectivity index is 3.37. The van der Waals surface area contributed by atoms with Crippen molar-refractivity contribution in [3.8, 4) is 0 Å². The number of hydrogen-bond donors (Lipinski definition) is 0. The van der Waals surface area contributed by atoms with Gasteiger partial charge in [-0.05, 0) is 12.8 Å². The summed E-state index contributed by atoms with van der Waals surface area (Å²) in [5.74, 6) is 0. The quantitative estimate of drug-likeness (QED) is 0.295. The smallest absolute Gasteiger partial charge is 0.248 e. The van der Waals surface area contributed by atoms with Crippen LogP contribution in [-0.4, -0.2) is 21.6 Å². The van der Waals surface area contributed by atoms with Gasteiger partial charge in [0.1, 0.15) is 0 Å². The second kappa shape index (κ2) is 16.7. The van der Waals surface area contributed by atoms with E-state index < -0.39 is 10.4 Å². The minimum absolute atomic E-state index is 0.243. The minimum Gasteiger partial charge on any atom is -0.248 e. The Morgan fingerprint density at radius 1 is 0.522 bits per heavy atom. The highest BCUT2D eigenvalue weighted by Gasteiger charge is 2.10. The molecule has 0 unspecified atom stereocenters. The molecule has 0 amide bonds. The van der Waals surface area contributed by atoms with Crippen LogP contribution in [0.1, 0.15) is 104 Å². The Kier molecular flexibility index (Phi) is 16.6. The van der Waals surface area contributed by atoms with Crippen LogP contribution in [0.2, 0.25) is 0 Å². The molecule has 0 aliphatic heterocycles. The van der Waals surface area contributed by atoms with E-state index in [-0.39, 0.29) is 13.2 Å². The fraction of sp³-hybridized carbons (Fsp3) is 1.00. The molecule has 0 fully saturated rings. The van der Waals surface area contributed by atoms with Gasteiger partial charge in [-0.3, -0.25) is 0 Å². The van der Waals surface area contributed by atoms with Crippen molar-refractivity contribution in [3.63, 3.8) is 0 Å². The lowest BCUT2D eigenvalue weighted by atomic mass is 10.1. The topological polar surface area (TPSA) is 52.6 Å². The highest BCUT2D eigenvalue weighted by atomic mass is 32.3. The minimum atomic E-state index is -3.78. The van der Waals surface area contributed by atoms with Crippen LogP contribution in [0.15, 0.2) is 0 Å². The Morgan fingerprint density at radius 2 is 0.826 bits per heavy atom. The predicted molar refractivity (Wildman–Crippen MR) is 96.8 cm³/mol. The van der Waals surface area contributed by atoms with Gasteiger partial charge in [0.05, 0.1) is 13.2 Å². The molecule has 0 N–H and O–H groups in total. The van der Waals surface area contributed by atoms with E-state index in [1.165, 1.54) is 51.4 Å². The number of unbranched alkanes of at least 4 members (excludes halogenated alkanes) is 12. The summed E-state index contributed by atoms with van der Waals surface area (Å²) in [5, 5.41) is 0. The molecular weight excluding hydrogens is 312 g/mol. The Morgan fingerprint density at radius 3 is 1.17 bits per heavy atom. The van der Waals surface area contributed by atoms with Gasteiger partial charge in [0, 0.05) is 0 Å². The standard InChI is InChI=1S/C18H38O4S/c1-3-5-7-9-11-13-15-17-21-23(19,20)22-18-16-14-12-10-8-6-4-2/h3-18H2,1-2H3. The average Bonchev–Trinajstić information content (AvgIpc) is 2.52. The van der Waals surface area contributed by atoms with Crippen LogP contribution >= 0.6 is 0 Å². The lowest BCUT2D eigenvalue weighted by molar-refractivity contribution is 0.208. The molecule has 5 heteroatoms. The monoisotopic (exact) mass is 350 g/mol. The molecule has 0 saturated carbocycles. The van der Waals surface area contributed by atoms with E-state index in [0.29, 0.717) is 0 Å². The van der Waals surface area contributed by atoms with E-state index in [9.17, 15) is 8.42 Å². The lowest BCUT2D eigenvalue weighted by Gasteiger charge is -2.06. The zero-order valence-corrected chi connectivity index (χ0v) is 16.2. The maximum absolute atomic E-state index is 11.5. The van der Waals surface area contributed by atoms with Gasteiger partial charge in [-0.15, -0.1) is 0 Å². The molecule has 0 rings (SSSR count). The van der Waals surface area contributed by atoms with Crippen LogP contribution in [-0.2, 0) is 18.8 Å². The Hall–Kier alpha value is -0.130. The first kappa shape index (κ1) is 22.9. The van der Waals surface area contributed by atoms with Gasteiger partial charge in [-0.1, -0.05) is 90.9 Å². The van der Waals surface area contributed by atoms with Crippen LogP contribution in [0.3, 0.4) is 0 Å². The van der Waals surface area contributed by atoms with E-state index in [4.69, 9.17) is 8.37 Å². The first-order chi connectivity index (χ1) is 11.1. The molecule has 0 saturated heterocycles. The van der Waals surface area contributed by atoms with Gasteiger partial charge >= 0.3 is 10.4 Å². The first-order valence-corrected chi connectivity index (χ1v) is 11.0. The summed E-state index contributed by atoms with van der Waals surface area (Å²) >= 11 is 0. The van der Waals surface area contributed by atoms with Crippen LogP contribution in [0.4, 0.5) is 0 Å². The zero-order valence-electron chi connectivity index (χ0n) is 15.4. The molecule has 140 valence electrons. The van der Waals surface area contributed by atoms with Crippen molar-refractivity contribution in [3.05, 3.63) is 0 Å². The van der Waals surface area contributed by atoms with E-state index in [1.807, 2.05) is 0 Å². The molecule has 0 radical (unpaired) electrons. The Bertz CT molecular complexity index is 302. The second-order valence-electron chi connectivity index (χ2n) is 6.29. The third kappa shape index (κ3) is 18.1. The molecular formula is C18H38O4S. The molecule has 0 aromatic heterocycles. The normalized spacial score (nSPS) is 11.9. The maximum atomic E-state index is 11.5. The van der Waals surface area contributed by atoms with E-state index in [0.717, 1.165) is 38.5 Å². The van der Waals surface area contributed by atoms with Crippen molar-refractivity contribution in [1.29, 1.82) is 0 Å². The molecule has 0 aromatic rings. The van der Waals surface area contributed by atoms with Gasteiger partial charge in [0.15, 0.2) is 0 Å². The van der Waals surface area contributed by atoms with Crippen molar-refractivity contribution in [2.24, 2.45) is 0 Å². The largest absolute Gasteiger partial charge is 0.399 e. The predicted octanol–water partition coefficient (Wildman–Crippen LogP) is 5.77. The van der Waals surface area contributed by atoms with E-state index >= 15 is 0 Å². The molecule has 0 aliphatic rings. The van der Waals surface area contributed by atoms with Gasteiger partial charge in [0.2, 0.25) is 0 Å². The van der Waals surface area contributed by atoms with Gasteiger partial charge in [-0.25, -0.2) is 8.37 Å². The van der Waals surface area contributed by atoms with Crippen LogP contribution in [0, 0.1) is 0 Å². The molecule has 0 aliphatic carbocycles. The molecule has 23 heavy (non-hydrogen) atoms. The van der Waals surface area contributed by atoms with Crippen molar-refractivity contribution in [2.75, 3.05) is 13.2 Å². The van der Waals surface area contributed by atoms with E-state index in [1.54, 1.807) is 0 Å². The van der Waals surface area contributed by atoms with Gasteiger partial charge in [-0.2, -0.15) is 8.42 Å². The summed E-state index contributed by atoms with van der Waals surface area (Å²) in [4.78, 5) is 0. The third-order valence-electron chi connectivity index (χ3n) is 3.95. The van der Waals surface area contributed by atoms with Crippen molar-refractivity contribution in [2.45, 2.75) is 104 Å². The lowest BCUT2D eigenvalue weighted by Crippen LogP contribution is -2.12. The van der Waals surface area contributed by atoms with Gasteiger partial charge in [0.25, 0.3) is 0 Å². The molecule has 4 nitrogen and oxygen atoms in total. The van der Waals surface area contributed by atoms with Crippen molar-refractivity contribution < 1.29 is 16.8 Å². The summed E-state index contributed by atoms with van der Waals surface area (Å²) in [6, 6.07) is 0. The molecule has 0 spiro atoms. The molecule has 0 atom stereocenters. The zero-order chi connectivity index (χ0) is 17.2. The van der Waals surface area contributed by atoms with Crippen LogP contribution < -0.4 is 0 Å². The number of rotatable bonds is 18. The summed E-state index contributed by atoms with van der Waals surface area (Å²) in [6.45, 7) is 4.89. The number of hydrogen-bond acceptors (Lipinski definition) is 4. The maximum Gasteiger partial charge on any atom is 0.399 e. The SMILES string of the molecule is CCCCCCCCCOS(=O)(=O)OCCCCCCCCC. The second-order valence-corrected chi connectivity index (χ2v) is 7.58.